The molecule has 0 aromatic carbocycles. The van der Waals surface area contributed by atoms with E-state index in [-0.39, 0.29) is 12.8 Å². The van der Waals surface area contributed by atoms with Gasteiger partial charge in [0.05, 0.1) is 11.1 Å². The van der Waals surface area contributed by atoms with Gasteiger partial charge in [-0.3, -0.25) is 15.0 Å². The number of hydrazine groups is 1. The number of rotatable bonds is 8. The Bertz CT molecular complexity index is 477. The summed E-state index contributed by atoms with van der Waals surface area (Å²) >= 11 is 1.23. The average molecular weight is 300 g/mol. The Balaban J connectivity index is 3.16. The van der Waals surface area contributed by atoms with Crippen LogP contribution in [0.25, 0.3) is 0 Å². The van der Waals surface area contributed by atoms with Crippen LogP contribution in [0, 0.1) is 0 Å². The summed E-state index contributed by atoms with van der Waals surface area (Å²) in [4.78, 5) is 27.3. The highest BCUT2D eigenvalue weighted by Crippen LogP contribution is 2.36. The molecule has 0 fully saturated rings. The number of hydrogen-bond acceptors (Lipinski definition) is 6. The zero-order valence-corrected chi connectivity index (χ0v) is 12.2. The molecule has 1 amide bonds. The minimum atomic E-state index is -1.03. The smallest absolute Gasteiger partial charge is 0.303 e. The number of nitrogens with one attached hydrogen (secondary N) is 1. The van der Waals surface area contributed by atoms with Gasteiger partial charge in [0.2, 0.25) is 5.91 Å². The van der Waals surface area contributed by atoms with Crippen molar-refractivity contribution in [1.29, 1.82) is 0 Å². The highest BCUT2D eigenvalue weighted by Gasteiger charge is 2.41. The molecule has 20 heavy (non-hydrogen) atoms. The summed E-state index contributed by atoms with van der Waals surface area (Å²) in [7, 11) is 0. The molecule has 0 radical (unpaired) electrons. The maximum Gasteiger partial charge on any atom is 0.303 e. The number of anilines is 1. The van der Waals surface area contributed by atoms with Crippen LogP contribution < -0.4 is 17.0 Å². The summed E-state index contributed by atoms with van der Waals surface area (Å²) < 4.78 is 0. The Hall–Kier alpha value is -1.67. The maximum absolute atomic E-state index is 12.3. The van der Waals surface area contributed by atoms with Crippen LogP contribution in [0.3, 0.4) is 0 Å². The monoisotopic (exact) mass is 300 g/mol. The fourth-order valence-corrected chi connectivity index (χ4v) is 2.83. The van der Waals surface area contributed by atoms with Crippen LogP contribution in [0.5, 0.6) is 0 Å². The van der Waals surface area contributed by atoms with Gasteiger partial charge in [0, 0.05) is 11.8 Å². The van der Waals surface area contributed by atoms with Crippen molar-refractivity contribution in [3.63, 3.8) is 0 Å². The number of carbonyl (C=O) groups is 2. The fourth-order valence-electron chi connectivity index (χ4n) is 2.17. The van der Waals surface area contributed by atoms with E-state index in [2.05, 4.69) is 10.4 Å². The number of nitrogens with two attached hydrogens (primary N) is 2. The number of amides is 1. The van der Waals surface area contributed by atoms with Gasteiger partial charge in [-0.1, -0.05) is 19.8 Å². The van der Waals surface area contributed by atoms with E-state index in [0.717, 1.165) is 12.8 Å². The van der Waals surface area contributed by atoms with Gasteiger partial charge in [-0.05, 0) is 12.8 Å². The summed E-state index contributed by atoms with van der Waals surface area (Å²) in [6, 6.07) is 0. The summed E-state index contributed by atoms with van der Waals surface area (Å²) in [5, 5.41) is 10.9. The lowest BCUT2D eigenvalue weighted by atomic mass is 9.75. The lowest BCUT2D eigenvalue weighted by Crippen LogP contribution is -2.48. The molecule has 112 valence electrons. The summed E-state index contributed by atoms with van der Waals surface area (Å²) in [6.45, 7) is 2.00. The highest BCUT2D eigenvalue weighted by atomic mass is 32.1. The number of thiazole rings is 1. The van der Waals surface area contributed by atoms with Gasteiger partial charge in [0.15, 0.2) is 5.13 Å². The number of nitrogens with zero attached hydrogens (tertiary/aromatic N) is 1. The Morgan fingerprint density at radius 3 is 2.65 bits per heavy atom. The summed E-state index contributed by atoms with van der Waals surface area (Å²) in [5.74, 6) is 3.90. The fraction of sp³-hybridized carbons (Fsp3) is 0.583. The van der Waals surface area contributed by atoms with E-state index in [1.54, 1.807) is 5.38 Å². The van der Waals surface area contributed by atoms with Gasteiger partial charge in [-0.15, -0.1) is 11.3 Å². The first kappa shape index (κ1) is 16.4. The number of carboxylic acids is 1. The molecule has 1 aromatic rings. The molecule has 1 rings (SSSR count). The molecule has 6 N–H and O–H groups in total. The molecule has 0 bridgehead atoms. The molecule has 1 heterocycles. The number of nitrogen functional groups attached to an aromatic ring is 1. The van der Waals surface area contributed by atoms with Crippen molar-refractivity contribution in [2.24, 2.45) is 5.84 Å². The Kier molecular flexibility index (Phi) is 5.90. The van der Waals surface area contributed by atoms with Gasteiger partial charge in [0.1, 0.15) is 0 Å². The molecule has 1 atom stereocenters. The molecule has 0 unspecified atom stereocenters. The van der Waals surface area contributed by atoms with Gasteiger partial charge in [0.25, 0.3) is 0 Å². The molecule has 1 aromatic heterocycles. The third-order valence-electron chi connectivity index (χ3n) is 3.30. The number of aromatic nitrogens is 1. The first-order valence-electron chi connectivity index (χ1n) is 6.40. The third-order valence-corrected chi connectivity index (χ3v) is 3.97. The van der Waals surface area contributed by atoms with Crippen molar-refractivity contribution in [1.82, 2.24) is 10.4 Å². The van der Waals surface area contributed by atoms with Crippen LogP contribution >= 0.6 is 11.3 Å². The van der Waals surface area contributed by atoms with Crippen molar-refractivity contribution in [2.75, 3.05) is 5.73 Å². The molecule has 0 aliphatic rings. The predicted octanol–water partition coefficient (Wildman–Crippen LogP) is 1.01. The van der Waals surface area contributed by atoms with Gasteiger partial charge in [-0.2, -0.15) is 0 Å². The third kappa shape index (κ3) is 3.67. The largest absolute Gasteiger partial charge is 0.481 e. The van der Waals surface area contributed by atoms with Crippen LogP contribution in [-0.2, 0) is 15.0 Å². The van der Waals surface area contributed by atoms with E-state index in [4.69, 9.17) is 16.7 Å². The van der Waals surface area contributed by atoms with E-state index in [1.807, 2.05) is 6.92 Å². The van der Waals surface area contributed by atoms with Crippen LogP contribution in [-0.4, -0.2) is 22.0 Å². The maximum atomic E-state index is 12.3. The van der Waals surface area contributed by atoms with E-state index in [9.17, 15) is 9.59 Å². The van der Waals surface area contributed by atoms with Crippen molar-refractivity contribution in [2.45, 2.75) is 44.4 Å². The van der Waals surface area contributed by atoms with Crippen molar-refractivity contribution < 1.29 is 14.7 Å². The van der Waals surface area contributed by atoms with Gasteiger partial charge >= 0.3 is 5.97 Å². The standard InChI is InChI=1S/C12H20N4O3S/c1-2-3-5-12(10(19)16-14,6-4-9(17)18)8-7-20-11(13)15-8/h7H,2-6,14H2,1H3,(H2,13,15)(H,16,19)(H,17,18)/t12-/m0/s1. The van der Waals surface area contributed by atoms with Crippen molar-refractivity contribution >= 4 is 28.3 Å². The zero-order chi connectivity index (χ0) is 15.2. The lowest BCUT2D eigenvalue weighted by molar-refractivity contribution is -0.138. The molecule has 0 aliphatic heterocycles. The van der Waals surface area contributed by atoms with Crippen LogP contribution in [0.15, 0.2) is 5.38 Å². The van der Waals surface area contributed by atoms with Gasteiger partial charge in [-0.25, -0.2) is 10.8 Å². The zero-order valence-electron chi connectivity index (χ0n) is 11.4. The van der Waals surface area contributed by atoms with Crippen LogP contribution in [0.4, 0.5) is 5.13 Å². The second-order valence-corrected chi connectivity index (χ2v) is 5.51. The number of hydrogen-bond donors (Lipinski definition) is 4. The quantitative estimate of drug-likeness (QED) is 0.322. The lowest BCUT2D eigenvalue weighted by Gasteiger charge is -2.29. The molecule has 0 aliphatic carbocycles. The predicted molar refractivity (Wildman–Crippen MR) is 76.9 cm³/mol. The second kappa shape index (κ2) is 7.20. The number of carbonyl (C=O) groups excluding carboxylic acids is 1. The molecule has 7 nitrogen and oxygen atoms in total. The molecule has 0 saturated heterocycles. The Morgan fingerprint density at radius 1 is 1.50 bits per heavy atom. The molecule has 0 saturated carbocycles. The Labute approximate surface area is 121 Å². The SMILES string of the molecule is CCCC[C@@](CCC(=O)O)(C(=O)NN)c1csc(N)n1. The summed E-state index contributed by atoms with van der Waals surface area (Å²) in [5.41, 5.74) is 7.24. The van der Waals surface area contributed by atoms with Crippen molar-refractivity contribution in [3.8, 4) is 0 Å². The molecular formula is C12H20N4O3S. The van der Waals surface area contributed by atoms with E-state index in [1.165, 1.54) is 11.3 Å². The van der Waals surface area contributed by atoms with Crippen molar-refractivity contribution in [3.05, 3.63) is 11.1 Å². The number of carboxylic acid groups (broad SMARTS) is 1. The van der Waals surface area contributed by atoms with E-state index >= 15 is 0 Å². The van der Waals surface area contributed by atoms with Crippen LogP contribution in [0.2, 0.25) is 0 Å². The highest BCUT2D eigenvalue weighted by molar-refractivity contribution is 7.13. The number of aliphatic carboxylic acids is 1. The van der Waals surface area contributed by atoms with Crippen LogP contribution in [0.1, 0.15) is 44.7 Å². The molecule has 8 heteroatoms. The normalized spacial score (nSPS) is 13.7. The summed E-state index contributed by atoms with van der Waals surface area (Å²) in [6.07, 6.45) is 2.16. The topological polar surface area (TPSA) is 131 Å². The first-order valence-corrected chi connectivity index (χ1v) is 7.28. The second-order valence-electron chi connectivity index (χ2n) is 4.62. The first-order chi connectivity index (χ1) is 9.46. The Morgan fingerprint density at radius 2 is 2.20 bits per heavy atom. The number of unbranched alkanes of at least 4 members (excludes halogenated alkanes) is 1. The average Bonchev–Trinajstić information content (AvgIpc) is 2.85. The minimum Gasteiger partial charge on any atom is -0.481 e. The molecule has 0 spiro atoms. The molecular weight excluding hydrogens is 280 g/mol. The van der Waals surface area contributed by atoms with Gasteiger partial charge < -0.3 is 10.8 Å². The minimum absolute atomic E-state index is 0.130. The van der Waals surface area contributed by atoms with E-state index < -0.39 is 17.3 Å². The van der Waals surface area contributed by atoms with E-state index in [0.29, 0.717) is 17.2 Å².